The molecule has 0 rings (SSSR count). The molecule has 27 heavy (non-hydrogen) atoms. The van der Waals surface area contributed by atoms with Crippen LogP contribution in [0.1, 0.15) is 38.5 Å². The fourth-order valence-electron chi connectivity index (χ4n) is 2.32. The van der Waals surface area contributed by atoms with E-state index in [1.54, 1.807) is 0 Å². The highest BCUT2D eigenvalue weighted by Crippen LogP contribution is 2.18. The van der Waals surface area contributed by atoms with E-state index in [1.807, 2.05) is 39.3 Å². The highest BCUT2D eigenvalue weighted by atomic mass is 28.4. The van der Waals surface area contributed by atoms with Crippen molar-refractivity contribution in [3.8, 4) is 0 Å². The molecule has 0 spiro atoms. The normalized spacial score (nSPS) is 13.3. The van der Waals surface area contributed by atoms with Crippen LogP contribution < -0.4 is 0 Å². The van der Waals surface area contributed by atoms with Crippen molar-refractivity contribution in [3.63, 3.8) is 0 Å². The van der Waals surface area contributed by atoms with Crippen LogP contribution in [0.2, 0.25) is 58.9 Å². The summed E-state index contributed by atoms with van der Waals surface area (Å²) in [6, 6.07) is 0. The van der Waals surface area contributed by atoms with E-state index in [1.165, 1.54) is 6.08 Å². The molecule has 0 bridgehead atoms. The zero-order valence-corrected chi connectivity index (χ0v) is 21.9. The van der Waals surface area contributed by atoms with Gasteiger partial charge < -0.3 is 13.3 Å². The fraction of sp³-hybridized carbons (Fsp3) is 0.789. The van der Waals surface area contributed by atoms with Crippen LogP contribution in [-0.2, 0) is 22.9 Å². The first-order valence-electron chi connectivity index (χ1n) is 9.92. The van der Waals surface area contributed by atoms with Gasteiger partial charge in [0.2, 0.25) is 25.0 Å². The zero-order chi connectivity index (χ0) is 21.3. The minimum Gasteiger partial charge on any atom is -0.547 e. The van der Waals surface area contributed by atoms with Crippen molar-refractivity contribution in [3.05, 3.63) is 11.8 Å². The molecule has 0 aromatic carbocycles. The third kappa shape index (κ3) is 18.3. The summed E-state index contributed by atoms with van der Waals surface area (Å²) in [5.74, 6) is 0.359. The third-order valence-corrected chi connectivity index (χ3v) is 5.63. The summed E-state index contributed by atoms with van der Waals surface area (Å²) in [4.78, 5) is 23.8. The minimum absolute atomic E-state index is 0.0779. The van der Waals surface area contributed by atoms with E-state index >= 15 is 0 Å². The number of rotatable bonds is 12. The maximum absolute atomic E-state index is 12.1. The molecule has 0 heterocycles. The van der Waals surface area contributed by atoms with Gasteiger partial charge in [0.05, 0.1) is 11.8 Å². The second kappa shape index (κ2) is 11.2. The molecule has 0 aliphatic rings. The van der Waals surface area contributed by atoms with Gasteiger partial charge in [-0.05, 0) is 71.8 Å². The Bertz CT molecular complexity index is 511. The molecule has 5 nitrogen and oxygen atoms in total. The van der Waals surface area contributed by atoms with E-state index in [4.69, 9.17) is 13.3 Å². The molecule has 0 fully saturated rings. The van der Waals surface area contributed by atoms with Crippen molar-refractivity contribution in [1.82, 2.24) is 0 Å². The van der Waals surface area contributed by atoms with Crippen LogP contribution in [0.15, 0.2) is 11.8 Å². The van der Waals surface area contributed by atoms with E-state index < -0.39 is 25.0 Å². The summed E-state index contributed by atoms with van der Waals surface area (Å²) in [6.07, 6.45) is 6.48. The Hall–Kier alpha value is -0.869. The summed E-state index contributed by atoms with van der Waals surface area (Å²) in [7, 11) is -5.46. The molecule has 0 radical (unpaired) electrons. The summed E-state index contributed by atoms with van der Waals surface area (Å²) in [5, 5.41) is 0. The Labute approximate surface area is 169 Å². The van der Waals surface area contributed by atoms with Crippen molar-refractivity contribution >= 4 is 36.9 Å². The van der Waals surface area contributed by atoms with Crippen molar-refractivity contribution in [2.24, 2.45) is 0 Å². The highest BCUT2D eigenvalue weighted by molar-refractivity contribution is 6.71. The van der Waals surface area contributed by atoms with Crippen molar-refractivity contribution in [1.29, 1.82) is 0 Å². The molecule has 8 heteroatoms. The lowest BCUT2D eigenvalue weighted by Crippen LogP contribution is -2.29. The second-order valence-corrected chi connectivity index (χ2v) is 23.1. The zero-order valence-electron chi connectivity index (χ0n) is 18.9. The quantitative estimate of drug-likeness (QED) is 0.168. The molecule has 0 aromatic heterocycles. The standard InChI is InChI=1S/C19H40O5Si3/c1-25(2,3)22-17(16-19(21)24-27(7,8)9)14-12-10-11-13-15-18(20)23-26(4,5)6/h16H,10-15H2,1-9H3/b17-16-. The Kier molecular flexibility index (Phi) is 10.8. The van der Waals surface area contributed by atoms with Crippen LogP contribution in [-0.4, -0.2) is 36.9 Å². The average molecular weight is 433 g/mol. The van der Waals surface area contributed by atoms with E-state index in [0.29, 0.717) is 6.42 Å². The van der Waals surface area contributed by atoms with Gasteiger partial charge in [-0.15, -0.1) is 0 Å². The van der Waals surface area contributed by atoms with Gasteiger partial charge in [0.1, 0.15) is 0 Å². The van der Waals surface area contributed by atoms with Crippen LogP contribution in [0, 0.1) is 0 Å². The predicted octanol–water partition coefficient (Wildman–Crippen LogP) is 5.82. The molecule has 158 valence electrons. The van der Waals surface area contributed by atoms with Crippen LogP contribution in [0.5, 0.6) is 0 Å². The van der Waals surface area contributed by atoms with Crippen LogP contribution in [0.4, 0.5) is 0 Å². The van der Waals surface area contributed by atoms with E-state index in [-0.39, 0.29) is 11.9 Å². The van der Waals surface area contributed by atoms with E-state index in [9.17, 15) is 9.59 Å². The molecule has 0 aromatic rings. The number of allylic oxidation sites excluding steroid dienone is 1. The first-order chi connectivity index (χ1) is 12.1. The van der Waals surface area contributed by atoms with E-state index in [0.717, 1.165) is 37.9 Å². The Morgan fingerprint density at radius 1 is 0.630 bits per heavy atom. The maximum atomic E-state index is 12.1. The molecular weight excluding hydrogens is 392 g/mol. The number of carbonyl (C=O) groups is 2. The van der Waals surface area contributed by atoms with Crippen molar-refractivity contribution in [2.75, 3.05) is 0 Å². The molecule has 0 saturated carbocycles. The van der Waals surface area contributed by atoms with Gasteiger partial charge >= 0.3 is 5.97 Å². The number of unbranched alkanes of at least 4 members (excludes halogenated alkanes) is 3. The largest absolute Gasteiger partial charge is 0.547 e. The number of hydrogen-bond donors (Lipinski definition) is 0. The van der Waals surface area contributed by atoms with Crippen molar-refractivity contribution in [2.45, 2.75) is 97.4 Å². The van der Waals surface area contributed by atoms with Crippen LogP contribution >= 0.6 is 0 Å². The first-order valence-corrected chi connectivity index (χ1v) is 20.1. The lowest BCUT2D eigenvalue weighted by atomic mass is 10.1. The molecule has 0 aliphatic carbocycles. The topological polar surface area (TPSA) is 61.8 Å². The SMILES string of the molecule is C[Si](C)(C)OC(=O)/C=C(/CCCCCCC(=O)O[Si](C)(C)C)O[Si](C)(C)C. The van der Waals surface area contributed by atoms with E-state index in [2.05, 4.69) is 19.6 Å². The van der Waals surface area contributed by atoms with Gasteiger partial charge in [0, 0.05) is 12.8 Å². The second-order valence-electron chi connectivity index (χ2n) is 9.86. The summed E-state index contributed by atoms with van der Waals surface area (Å²) < 4.78 is 17.0. The molecular formula is C19H40O5Si3. The minimum atomic E-state index is -1.90. The number of carbonyl (C=O) groups excluding carboxylic acids is 2. The lowest BCUT2D eigenvalue weighted by molar-refractivity contribution is -0.135. The third-order valence-electron chi connectivity index (χ3n) is 3.10. The van der Waals surface area contributed by atoms with Gasteiger partial charge in [-0.3, -0.25) is 4.79 Å². The summed E-state index contributed by atoms with van der Waals surface area (Å²) in [5.41, 5.74) is 0. The molecule has 0 atom stereocenters. The van der Waals surface area contributed by atoms with Crippen LogP contribution in [0.25, 0.3) is 0 Å². The molecule has 0 unspecified atom stereocenters. The smallest absolute Gasteiger partial charge is 0.320 e. The van der Waals surface area contributed by atoms with Crippen LogP contribution in [0.3, 0.4) is 0 Å². The van der Waals surface area contributed by atoms with Gasteiger partial charge in [0.25, 0.3) is 5.97 Å². The Morgan fingerprint density at radius 2 is 1.07 bits per heavy atom. The van der Waals surface area contributed by atoms with Crippen molar-refractivity contribution < 1.29 is 22.9 Å². The summed E-state index contributed by atoms with van der Waals surface area (Å²) >= 11 is 0. The lowest BCUT2D eigenvalue weighted by Gasteiger charge is -2.22. The average Bonchev–Trinajstić information content (AvgIpc) is 2.36. The maximum Gasteiger partial charge on any atom is 0.320 e. The van der Waals surface area contributed by atoms with Gasteiger partial charge in [-0.25, -0.2) is 4.79 Å². The monoisotopic (exact) mass is 432 g/mol. The Balaban J connectivity index is 4.38. The Morgan fingerprint density at radius 3 is 1.52 bits per heavy atom. The highest BCUT2D eigenvalue weighted by Gasteiger charge is 2.22. The van der Waals surface area contributed by atoms with Gasteiger partial charge in [0.15, 0.2) is 0 Å². The van der Waals surface area contributed by atoms with Gasteiger partial charge in [-0.1, -0.05) is 12.8 Å². The summed E-state index contributed by atoms with van der Waals surface area (Å²) in [6.45, 7) is 18.3. The molecule has 0 N–H and O–H groups in total. The number of hydrogen-bond acceptors (Lipinski definition) is 5. The molecule has 0 aliphatic heterocycles. The predicted molar refractivity (Wildman–Crippen MR) is 119 cm³/mol. The molecule has 0 amide bonds. The fourth-order valence-corrected chi connectivity index (χ4v) is 4.72. The molecule has 0 saturated heterocycles. The first kappa shape index (κ1) is 26.1. The van der Waals surface area contributed by atoms with Gasteiger partial charge in [-0.2, -0.15) is 0 Å².